The quantitative estimate of drug-likeness (QED) is 0.313. The Morgan fingerprint density at radius 1 is 1.43 bits per heavy atom. The maximum atomic E-state index is 5.12. The van der Waals surface area contributed by atoms with Crippen LogP contribution < -0.4 is 4.74 Å². The number of oxime groups is 1. The van der Waals surface area contributed by atoms with Gasteiger partial charge in [0.15, 0.2) is 6.61 Å². The molecule has 0 aromatic heterocycles. The van der Waals surface area contributed by atoms with Crippen molar-refractivity contribution in [1.29, 1.82) is 0 Å². The normalized spacial score (nSPS) is 8.36. The van der Waals surface area contributed by atoms with Crippen LogP contribution >= 0.6 is 0 Å². The number of para-hydroxylation sites is 1. The molecule has 0 saturated heterocycles. The topological polar surface area (TPSA) is 30.8 Å². The average molecular weight is 189 g/mol. The zero-order valence-corrected chi connectivity index (χ0v) is 7.99. The van der Waals surface area contributed by atoms with E-state index in [0.29, 0.717) is 0 Å². The first-order chi connectivity index (χ1) is 6.88. The molecule has 0 aliphatic carbocycles. The summed E-state index contributed by atoms with van der Waals surface area (Å²) in [5, 5.41) is 3.23. The van der Waals surface area contributed by atoms with Crippen molar-refractivity contribution in [2.24, 2.45) is 5.16 Å². The zero-order valence-electron chi connectivity index (χ0n) is 7.99. The maximum Gasteiger partial charge on any atom is 0.177 e. The second-order valence-corrected chi connectivity index (χ2v) is 2.40. The minimum absolute atomic E-state index is 0.238. The van der Waals surface area contributed by atoms with Gasteiger partial charge in [-0.15, -0.1) is 5.16 Å². The molecule has 3 heteroatoms. The highest BCUT2D eigenvalue weighted by atomic mass is 16.6. The molecule has 1 rings (SSSR count). The fourth-order valence-corrected chi connectivity index (χ4v) is 0.957. The minimum Gasteiger partial charge on any atom is -0.495 e. The molecular weight excluding hydrogens is 178 g/mol. The molecule has 0 atom stereocenters. The van der Waals surface area contributed by atoms with Gasteiger partial charge in [0.05, 0.1) is 12.7 Å². The summed E-state index contributed by atoms with van der Waals surface area (Å²) >= 11 is 0. The van der Waals surface area contributed by atoms with Crippen LogP contribution in [0.4, 0.5) is 0 Å². The highest BCUT2D eigenvalue weighted by Crippen LogP contribution is 2.15. The van der Waals surface area contributed by atoms with Gasteiger partial charge in [-0.3, -0.25) is 0 Å². The molecule has 0 heterocycles. The van der Waals surface area contributed by atoms with Crippen LogP contribution in [0.3, 0.4) is 0 Å². The molecular formula is C11H11NO2. The van der Waals surface area contributed by atoms with E-state index in [-0.39, 0.29) is 6.61 Å². The second kappa shape index (κ2) is 5.65. The molecule has 0 bridgehead atoms. The van der Waals surface area contributed by atoms with E-state index in [1.54, 1.807) is 7.11 Å². The van der Waals surface area contributed by atoms with Crippen molar-refractivity contribution in [3.05, 3.63) is 29.8 Å². The predicted molar refractivity (Wildman–Crippen MR) is 55.4 cm³/mol. The van der Waals surface area contributed by atoms with Crippen LogP contribution in [0.25, 0.3) is 0 Å². The Kier molecular flexibility index (Phi) is 4.09. The number of ether oxygens (including phenoxy) is 1. The Bertz CT molecular complexity index is 363. The molecule has 1 aromatic carbocycles. The summed E-state index contributed by atoms with van der Waals surface area (Å²) in [5.74, 6) is 6.46. The van der Waals surface area contributed by atoms with Gasteiger partial charge in [0.1, 0.15) is 5.75 Å². The molecule has 0 N–H and O–H groups in total. The van der Waals surface area contributed by atoms with Crippen molar-refractivity contribution in [2.45, 2.75) is 0 Å². The monoisotopic (exact) mass is 189 g/mol. The van der Waals surface area contributed by atoms with Gasteiger partial charge < -0.3 is 9.57 Å². The number of nitrogens with zero attached hydrogens (tertiary/aromatic N) is 1. The number of hydrogen-bond donors (Lipinski definition) is 0. The number of benzene rings is 1. The Morgan fingerprint density at radius 2 is 2.21 bits per heavy atom. The molecule has 72 valence electrons. The van der Waals surface area contributed by atoms with E-state index < -0.39 is 0 Å². The van der Waals surface area contributed by atoms with E-state index in [0.717, 1.165) is 11.3 Å². The first kappa shape index (κ1) is 10.1. The van der Waals surface area contributed by atoms with E-state index >= 15 is 0 Å². The SMILES string of the molecule is C=NOCC#Cc1ccccc1OC. The molecule has 0 aliphatic rings. The van der Waals surface area contributed by atoms with Crippen molar-refractivity contribution in [1.82, 2.24) is 0 Å². The number of hydrogen-bond acceptors (Lipinski definition) is 3. The van der Waals surface area contributed by atoms with Crippen molar-refractivity contribution in [3.63, 3.8) is 0 Å². The lowest BCUT2D eigenvalue weighted by atomic mass is 10.2. The van der Waals surface area contributed by atoms with E-state index in [1.165, 1.54) is 0 Å². The summed E-state index contributed by atoms with van der Waals surface area (Å²) in [6.45, 7) is 3.41. The fraction of sp³-hybridized carbons (Fsp3) is 0.182. The second-order valence-electron chi connectivity index (χ2n) is 2.40. The lowest BCUT2D eigenvalue weighted by Gasteiger charge is -2.00. The third kappa shape index (κ3) is 2.83. The molecule has 0 fully saturated rings. The number of rotatable bonds is 3. The lowest BCUT2D eigenvalue weighted by Crippen LogP contribution is -1.87. The smallest absolute Gasteiger partial charge is 0.177 e. The van der Waals surface area contributed by atoms with Gasteiger partial charge in [-0.2, -0.15) is 0 Å². The van der Waals surface area contributed by atoms with Gasteiger partial charge >= 0.3 is 0 Å². The summed E-state index contributed by atoms with van der Waals surface area (Å²) in [5.41, 5.74) is 0.836. The number of methoxy groups -OCH3 is 1. The third-order valence-corrected chi connectivity index (χ3v) is 1.56. The van der Waals surface area contributed by atoms with Crippen molar-refractivity contribution < 1.29 is 9.57 Å². The van der Waals surface area contributed by atoms with Crippen LogP contribution in [0.15, 0.2) is 29.4 Å². The summed E-state index contributed by atoms with van der Waals surface area (Å²) in [4.78, 5) is 4.63. The molecule has 1 aromatic rings. The Morgan fingerprint density at radius 3 is 2.93 bits per heavy atom. The zero-order chi connectivity index (χ0) is 10.2. The van der Waals surface area contributed by atoms with Crippen LogP contribution in [0.1, 0.15) is 5.56 Å². The summed E-state index contributed by atoms with van der Waals surface area (Å²) in [7, 11) is 1.61. The molecule has 3 nitrogen and oxygen atoms in total. The van der Waals surface area contributed by atoms with Crippen LogP contribution in [0.2, 0.25) is 0 Å². The molecule has 0 saturated carbocycles. The van der Waals surface area contributed by atoms with Gasteiger partial charge in [-0.05, 0) is 12.1 Å². The first-order valence-electron chi connectivity index (χ1n) is 4.08. The molecule has 0 amide bonds. The summed E-state index contributed by atoms with van der Waals surface area (Å²) in [6.07, 6.45) is 0. The Labute approximate surface area is 83.3 Å². The molecule has 0 unspecified atom stereocenters. The van der Waals surface area contributed by atoms with Crippen molar-refractivity contribution >= 4 is 6.72 Å². The standard InChI is InChI=1S/C11H11NO2/c1-12-14-9-5-7-10-6-3-4-8-11(10)13-2/h3-4,6,8H,1,9H2,2H3. The Balaban J connectivity index is 2.72. The largest absolute Gasteiger partial charge is 0.495 e. The molecule has 0 spiro atoms. The predicted octanol–water partition coefficient (Wildman–Crippen LogP) is 1.68. The lowest BCUT2D eigenvalue weighted by molar-refractivity contribution is 0.183. The van der Waals surface area contributed by atoms with E-state index in [9.17, 15) is 0 Å². The Hall–Kier alpha value is -1.95. The van der Waals surface area contributed by atoms with Crippen molar-refractivity contribution in [3.8, 4) is 17.6 Å². The average Bonchev–Trinajstić information content (AvgIpc) is 2.25. The van der Waals surface area contributed by atoms with Crippen LogP contribution in [0, 0.1) is 11.8 Å². The minimum atomic E-state index is 0.238. The van der Waals surface area contributed by atoms with E-state index in [1.807, 2.05) is 24.3 Å². The summed E-state index contributed by atoms with van der Waals surface area (Å²) in [6, 6.07) is 7.54. The van der Waals surface area contributed by atoms with Crippen LogP contribution in [-0.2, 0) is 4.84 Å². The fourth-order valence-electron chi connectivity index (χ4n) is 0.957. The maximum absolute atomic E-state index is 5.12. The van der Waals surface area contributed by atoms with Gasteiger partial charge in [0.2, 0.25) is 0 Å². The van der Waals surface area contributed by atoms with Gasteiger partial charge in [0, 0.05) is 6.72 Å². The van der Waals surface area contributed by atoms with Gasteiger partial charge in [-0.25, -0.2) is 0 Å². The van der Waals surface area contributed by atoms with E-state index in [4.69, 9.17) is 4.74 Å². The highest BCUT2D eigenvalue weighted by Gasteiger charge is 1.95. The highest BCUT2D eigenvalue weighted by molar-refractivity contribution is 5.45. The molecule has 0 radical (unpaired) electrons. The van der Waals surface area contributed by atoms with Crippen LogP contribution in [-0.4, -0.2) is 20.4 Å². The summed E-state index contributed by atoms with van der Waals surface area (Å²) < 4.78 is 5.12. The molecule has 0 aliphatic heterocycles. The van der Waals surface area contributed by atoms with Gasteiger partial charge in [-0.1, -0.05) is 24.0 Å². The first-order valence-corrected chi connectivity index (χ1v) is 4.08. The van der Waals surface area contributed by atoms with Gasteiger partial charge in [0.25, 0.3) is 0 Å². The van der Waals surface area contributed by atoms with Crippen LogP contribution in [0.5, 0.6) is 5.75 Å². The molecule has 14 heavy (non-hydrogen) atoms. The van der Waals surface area contributed by atoms with E-state index in [2.05, 4.69) is 28.6 Å². The third-order valence-electron chi connectivity index (χ3n) is 1.56. The van der Waals surface area contributed by atoms with Crippen molar-refractivity contribution in [2.75, 3.05) is 13.7 Å².